The van der Waals surface area contributed by atoms with E-state index in [2.05, 4.69) is 34.2 Å². The first-order valence-corrected chi connectivity index (χ1v) is 6.27. The van der Waals surface area contributed by atoms with Gasteiger partial charge in [0, 0.05) is 44.1 Å². The molecule has 2 heterocycles. The average molecular weight is 255 g/mol. The van der Waals surface area contributed by atoms with Gasteiger partial charge in [-0.2, -0.15) is 0 Å². The molecule has 0 bridgehead atoms. The number of rotatable bonds is 3. The first-order valence-electron chi connectivity index (χ1n) is 5.89. The van der Waals surface area contributed by atoms with Gasteiger partial charge in [0.25, 0.3) is 0 Å². The molecule has 0 spiro atoms. The molecule has 1 unspecified atom stereocenters. The summed E-state index contributed by atoms with van der Waals surface area (Å²) in [6.07, 6.45) is 1.72. The van der Waals surface area contributed by atoms with Gasteiger partial charge in [-0.3, -0.25) is 4.90 Å². The molecule has 0 aromatic carbocycles. The fraction of sp³-hybridized carbons (Fsp3) is 0.583. The molecule has 1 atom stereocenters. The van der Waals surface area contributed by atoms with Crippen molar-refractivity contribution in [3.05, 3.63) is 23.5 Å². The molecular formula is C12H19ClN4. The third-order valence-electron chi connectivity index (χ3n) is 3.25. The van der Waals surface area contributed by atoms with Gasteiger partial charge in [0.15, 0.2) is 0 Å². The smallest absolute Gasteiger partial charge is 0.131 e. The zero-order chi connectivity index (χ0) is 12.3. The minimum atomic E-state index is 0.532. The molecule has 0 saturated carbocycles. The van der Waals surface area contributed by atoms with Crippen LogP contribution in [-0.4, -0.2) is 61.1 Å². The van der Waals surface area contributed by atoms with Gasteiger partial charge in [0.2, 0.25) is 0 Å². The highest BCUT2D eigenvalue weighted by atomic mass is 35.5. The number of hydrogen-bond acceptors (Lipinski definition) is 4. The maximum Gasteiger partial charge on any atom is 0.131 e. The van der Waals surface area contributed by atoms with Gasteiger partial charge >= 0.3 is 0 Å². The molecule has 4 nitrogen and oxygen atoms in total. The molecule has 0 radical (unpaired) electrons. The van der Waals surface area contributed by atoms with Crippen LogP contribution < -0.4 is 5.32 Å². The topological polar surface area (TPSA) is 31.4 Å². The van der Waals surface area contributed by atoms with Crippen molar-refractivity contribution in [2.24, 2.45) is 0 Å². The van der Waals surface area contributed by atoms with Crippen molar-refractivity contribution in [3.63, 3.8) is 0 Å². The first-order chi connectivity index (χ1) is 8.15. The number of nitrogens with zero attached hydrogens (tertiary/aromatic N) is 3. The van der Waals surface area contributed by atoms with Gasteiger partial charge in [0.05, 0.1) is 0 Å². The zero-order valence-corrected chi connectivity index (χ0v) is 11.1. The van der Waals surface area contributed by atoms with Gasteiger partial charge in [-0.1, -0.05) is 11.6 Å². The average Bonchev–Trinajstić information content (AvgIpc) is 2.30. The predicted octanol–water partition coefficient (Wildman–Crippen LogP) is 1.39. The van der Waals surface area contributed by atoms with E-state index in [0.29, 0.717) is 11.2 Å². The number of hydrogen-bond donors (Lipinski definition) is 1. The SMILES string of the molecule is CN1CCN(C)C(CNc2ccnc(Cl)c2)C1. The third-order valence-corrected chi connectivity index (χ3v) is 3.46. The highest BCUT2D eigenvalue weighted by Crippen LogP contribution is 2.13. The van der Waals surface area contributed by atoms with E-state index >= 15 is 0 Å². The van der Waals surface area contributed by atoms with Gasteiger partial charge in [-0.05, 0) is 26.2 Å². The van der Waals surface area contributed by atoms with Crippen molar-refractivity contribution in [3.8, 4) is 0 Å². The number of anilines is 1. The lowest BCUT2D eigenvalue weighted by Gasteiger charge is -2.37. The van der Waals surface area contributed by atoms with Crippen molar-refractivity contribution in [2.75, 3.05) is 45.6 Å². The Kier molecular flexibility index (Phi) is 4.20. The van der Waals surface area contributed by atoms with E-state index in [4.69, 9.17) is 11.6 Å². The molecular weight excluding hydrogens is 236 g/mol. The fourth-order valence-electron chi connectivity index (χ4n) is 2.07. The van der Waals surface area contributed by atoms with E-state index < -0.39 is 0 Å². The first kappa shape index (κ1) is 12.6. The number of likely N-dealkylation sites (N-methyl/N-ethyl adjacent to an activating group) is 2. The molecule has 17 heavy (non-hydrogen) atoms. The number of pyridine rings is 1. The van der Waals surface area contributed by atoms with Crippen LogP contribution in [0.25, 0.3) is 0 Å². The summed E-state index contributed by atoms with van der Waals surface area (Å²) in [6, 6.07) is 4.34. The highest BCUT2D eigenvalue weighted by Gasteiger charge is 2.21. The number of aromatic nitrogens is 1. The lowest BCUT2D eigenvalue weighted by Crippen LogP contribution is -2.52. The Bertz CT molecular complexity index is 371. The van der Waals surface area contributed by atoms with Crippen LogP contribution in [0.5, 0.6) is 0 Å². The molecule has 1 fully saturated rings. The molecule has 1 aliphatic heterocycles. The second-order valence-corrected chi connectivity index (χ2v) is 5.03. The van der Waals surface area contributed by atoms with Gasteiger partial charge < -0.3 is 10.2 Å². The van der Waals surface area contributed by atoms with Crippen LogP contribution in [0.1, 0.15) is 0 Å². The van der Waals surface area contributed by atoms with Crippen LogP contribution in [-0.2, 0) is 0 Å². The Balaban J connectivity index is 1.88. The molecule has 1 aromatic rings. The maximum absolute atomic E-state index is 5.85. The Hall–Kier alpha value is -0.840. The molecule has 1 saturated heterocycles. The van der Waals surface area contributed by atoms with Crippen molar-refractivity contribution in [1.29, 1.82) is 0 Å². The van der Waals surface area contributed by atoms with E-state index in [9.17, 15) is 0 Å². The summed E-state index contributed by atoms with van der Waals surface area (Å²) in [7, 11) is 4.35. The molecule has 0 aliphatic carbocycles. The summed E-state index contributed by atoms with van der Waals surface area (Å²) >= 11 is 5.85. The van der Waals surface area contributed by atoms with Crippen LogP contribution in [0.4, 0.5) is 5.69 Å². The van der Waals surface area contributed by atoms with Gasteiger partial charge in [0.1, 0.15) is 5.15 Å². The Morgan fingerprint density at radius 2 is 2.29 bits per heavy atom. The van der Waals surface area contributed by atoms with Gasteiger partial charge in [-0.25, -0.2) is 4.98 Å². The van der Waals surface area contributed by atoms with Crippen LogP contribution in [0, 0.1) is 0 Å². The minimum Gasteiger partial charge on any atom is -0.383 e. The Morgan fingerprint density at radius 1 is 1.47 bits per heavy atom. The fourth-order valence-corrected chi connectivity index (χ4v) is 2.24. The summed E-state index contributed by atoms with van der Waals surface area (Å²) in [4.78, 5) is 8.73. The van der Waals surface area contributed by atoms with E-state index in [1.807, 2.05) is 12.1 Å². The lowest BCUT2D eigenvalue weighted by molar-refractivity contribution is 0.122. The van der Waals surface area contributed by atoms with Crippen molar-refractivity contribution >= 4 is 17.3 Å². The second-order valence-electron chi connectivity index (χ2n) is 4.64. The quantitative estimate of drug-likeness (QED) is 0.827. The Labute approximate surface area is 108 Å². The number of nitrogens with one attached hydrogen (secondary N) is 1. The minimum absolute atomic E-state index is 0.532. The zero-order valence-electron chi connectivity index (χ0n) is 10.4. The Morgan fingerprint density at radius 3 is 3.06 bits per heavy atom. The van der Waals surface area contributed by atoms with E-state index in [1.54, 1.807) is 6.20 Å². The molecule has 1 aromatic heterocycles. The molecule has 1 N–H and O–H groups in total. The maximum atomic E-state index is 5.85. The van der Waals surface area contributed by atoms with Crippen LogP contribution in [0.2, 0.25) is 5.15 Å². The standard InChI is InChI=1S/C12H19ClN4/c1-16-5-6-17(2)11(9-16)8-15-10-3-4-14-12(13)7-10/h3-4,7,11H,5-6,8-9H2,1-2H3,(H,14,15). The third kappa shape index (κ3) is 3.56. The van der Waals surface area contributed by atoms with Crippen molar-refractivity contribution in [1.82, 2.24) is 14.8 Å². The number of halogens is 1. The van der Waals surface area contributed by atoms with Gasteiger partial charge in [-0.15, -0.1) is 0 Å². The van der Waals surface area contributed by atoms with E-state index in [-0.39, 0.29) is 0 Å². The molecule has 5 heteroatoms. The van der Waals surface area contributed by atoms with Crippen molar-refractivity contribution in [2.45, 2.75) is 6.04 Å². The normalized spacial score (nSPS) is 22.6. The summed E-state index contributed by atoms with van der Waals surface area (Å²) in [5, 5.41) is 3.94. The molecule has 94 valence electrons. The molecule has 1 aliphatic rings. The van der Waals surface area contributed by atoms with Crippen LogP contribution in [0.15, 0.2) is 18.3 Å². The molecule has 2 rings (SSSR count). The van der Waals surface area contributed by atoms with E-state index in [0.717, 1.165) is 31.9 Å². The van der Waals surface area contributed by atoms with Crippen molar-refractivity contribution < 1.29 is 0 Å². The number of piperazine rings is 1. The summed E-state index contributed by atoms with van der Waals surface area (Å²) in [5.74, 6) is 0. The molecule has 0 amide bonds. The summed E-state index contributed by atoms with van der Waals surface area (Å²) in [6.45, 7) is 4.30. The second kappa shape index (κ2) is 5.67. The summed E-state index contributed by atoms with van der Waals surface area (Å²) < 4.78 is 0. The largest absolute Gasteiger partial charge is 0.383 e. The van der Waals surface area contributed by atoms with E-state index in [1.165, 1.54) is 0 Å². The predicted molar refractivity (Wildman–Crippen MR) is 71.7 cm³/mol. The highest BCUT2D eigenvalue weighted by molar-refractivity contribution is 6.29. The van der Waals surface area contributed by atoms with Crippen LogP contribution >= 0.6 is 11.6 Å². The summed E-state index contributed by atoms with van der Waals surface area (Å²) in [5.41, 5.74) is 1.03. The monoisotopic (exact) mass is 254 g/mol. The lowest BCUT2D eigenvalue weighted by atomic mass is 10.2. The van der Waals surface area contributed by atoms with Crippen LogP contribution in [0.3, 0.4) is 0 Å².